The number of carbonyl (C=O) groups excluding carboxylic acids is 1. The molecule has 1 rings (SSSR count). The molecule has 1 atom stereocenters. The molecule has 21 heavy (non-hydrogen) atoms. The van der Waals surface area contributed by atoms with Crippen LogP contribution in [0.4, 0.5) is 0 Å². The average Bonchev–Trinajstić information content (AvgIpc) is 2.47. The van der Waals surface area contributed by atoms with E-state index in [1.54, 1.807) is 19.1 Å². The zero-order chi connectivity index (χ0) is 15.8. The summed E-state index contributed by atoms with van der Waals surface area (Å²) in [4.78, 5) is 14.3. The molecule has 1 unspecified atom stereocenters. The molecule has 0 aliphatic rings. The van der Waals surface area contributed by atoms with Crippen LogP contribution < -0.4 is 0 Å². The maximum absolute atomic E-state index is 12.6. The fourth-order valence-electron chi connectivity index (χ4n) is 1.90. The Bertz CT molecular complexity index is 543. The highest BCUT2D eigenvalue weighted by Crippen LogP contribution is 2.14. The Kier molecular flexibility index (Phi) is 6.93. The molecule has 0 radical (unpaired) electrons. The van der Waals surface area contributed by atoms with Crippen molar-refractivity contribution in [2.24, 2.45) is 0 Å². The number of rotatable bonds is 5. The normalized spacial score (nSPS) is 11.5. The van der Waals surface area contributed by atoms with Gasteiger partial charge < -0.3 is 14.7 Å². The molecule has 0 spiro atoms. The van der Waals surface area contributed by atoms with Crippen LogP contribution >= 0.6 is 0 Å². The van der Waals surface area contributed by atoms with Crippen molar-refractivity contribution in [3.05, 3.63) is 34.9 Å². The van der Waals surface area contributed by atoms with Gasteiger partial charge in [-0.3, -0.25) is 4.79 Å². The first kappa shape index (κ1) is 17.2. The van der Waals surface area contributed by atoms with E-state index in [2.05, 4.69) is 11.8 Å². The lowest BCUT2D eigenvalue weighted by Crippen LogP contribution is -2.38. The molecule has 0 aliphatic heterocycles. The average molecular weight is 289 g/mol. The third-order valence-electron chi connectivity index (χ3n) is 3.25. The Balaban J connectivity index is 3.07. The van der Waals surface area contributed by atoms with Crippen molar-refractivity contribution in [1.29, 1.82) is 0 Å². The quantitative estimate of drug-likeness (QED) is 0.841. The predicted octanol–water partition coefficient (Wildman–Crippen LogP) is 1.84. The van der Waals surface area contributed by atoms with Gasteiger partial charge in [-0.1, -0.05) is 23.5 Å². The summed E-state index contributed by atoms with van der Waals surface area (Å²) in [5.74, 6) is 5.75. The van der Waals surface area contributed by atoms with Gasteiger partial charge in [0.15, 0.2) is 0 Å². The molecule has 1 N–H and O–H groups in total. The summed E-state index contributed by atoms with van der Waals surface area (Å²) < 4.78 is 5.09. The first-order chi connectivity index (χ1) is 10.0. The molecular weight excluding hydrogens is 266 g/mol. The molecule has 4 nitrogen and oxygen atoms in total. The first-order valence-corrected chi connectivity index (χ1v) is 6.97. The number of carbonyl (C=O) groups is 1. The molecule has 0 fully saturated rings. The molecule has 1 aromatic carbocycles. The molecule has 1 amide bonds. The van der Waals surface area contributed by atoms with Crippen molar-refractivity contribution in [1.82, 2.24) is 4.90 Å². The van der Waals surface area contributed by atoms with Gasteiger partial charge in [0.1, 0.15) is 0 Å². The van der Waals surface area contributed by atoms with E-state index < -0.39 is 0 Å². The van der Waals surface area contributed by atoms with Crippen molar-refractivity contribution in [3.63, 3.8) is 0 Å². The van der Waals surface area contributed by atoms with E-state index >= 15 is 0 Å². The Morgan fingerprint density at radius 3 is 2.81 bits per heavy atom. The molecule has 0 aromatic heterocycles. The van der Waals surface area contributed by atoms with E-state index in [4.69, 9.17) is 9.84 Å². The second-order valence-corrected chi connectivity index (χ2v) is 5.04. The summed E-state index contributed by atoms with van der Waals surface area (Å²) >= 11 is 0. The lowest BCUT2D eigenvalue weighted by atomic mass is 10.0. The number of benzene rings is 1. The highest BCUT2D eigenvalue weighted by Gasteiger charge is 2.19. The summed E-state index contributed by atoms with van der Waals surface area (Å²) in [6.07, 6.45) is 0.400. The summed E-state index contributed by atoms with van der Waals surface area (Å²) in [6, 6.07) is 5.61. The number of aryl methyl sites for hydroxylation is 1. The standard InChI is InChI=1S/C17H23NO3/c1-13-8-9-15(7-5-6-10-19)16(11-13)17(20)18(3)14(2)12-21-4/h8-9,11,14,19H,6,10,12H2,1-4H3. The Hall–Kier alpha value is -1.83. The number of nitrogens with zero attached hydrogens (tertiary/aromatic N) is 1. The van der Waals surface area contributed by atoms with Crippen molar-refractivity contribution in [2.45, 2.75) is 26.3 Å². The highest BCUT2D eigenvalue weighted by atomic mass is 16.5. The minimum Gasteiger partial charge on any atom is -0.395 e. The van der Waals surface area contributed by atoms with Crippen LogP contribution in [-0.4, -0.2) is 49.3 Å². The lowest BCUT2D eigenvalue weighted by Gasteiger charge is -2.25. The monoisotopic (exact) mass is 289 g/mol. The zero-order valence-electron chi connectivity index (χ0n) is 13.1. The van der Waals surface area contributed by atoms with Gasteiger partial charge in [-0.2, -0.15) is 0 Å². The van der Waals surface area contributed by atoms with Crippen LogP contribution in [0.1, 0.15) is 34.8 Å². The van der Waals surface area contributed by atoms with Crippen LogP contribution in [0, 0.1) is 18.8 Å². The van der Waals surface area contributed by atoms with Crippen LogP contribution in [-0.2, 0) is 4.74 Å². The van der Waals surface area contributed by atoms with E-state index in [0.29, 0.717) is 24.2 Å². The predicted molar refractivity (Wildman–Crippen MR) is 83.2 cm³/mol. The van der Waals surface area contributed by atoms with Gasteiger partial charge in [-0.25, -0.2) is 0 Å². The zero-order valence-corrected chi connectivity index (χ0v) is 13.1. The molecule has 4 heteroatoms. The second kappa shape index (κ2) is 8.46. The number of likely N-dealkylation sites (N-methyl/N-ethyl adjacent to an activating group) is 1. The van der Waals surface area contributed by atoms with Crippen LogP contribution in [0.2, 0.25) is 0 Å². The van der Waals surface area contributed by atoms with E-state index in [1.165, 1.54) is 0 Å². The van der Waals surface area contributed by atoms with Crippen molar-refractivity contribution in [3.8, 4) is 11.8 Å². The molecule has 0 bridgehead atoms. The number of amides is 1. The third kappa shape index (κ3) is 4.89. The second-order valence-electron chi connectivity index (χ2n) is 5.04. The molecule has 114 valence electrons. The number of aliphatic hydroxyl groups excluding tert-OH is 1. The van der Waals surface area contributed by atoms with Crippen molar-refractivity contribution < 1.29 is 14.6 Å². The number of aliphatic hydroxyl groups is 1. The Morgan fingerprint density at radius 2 is 2.19 bits per heavy atom. The van der Waals surface area contributed by atoms with Crippen LogP contribution in [0.15, 0.2) is 18.2 Å². The van der Waals surface area contributed by atoms with Crippen LogP contribution in [0.5, 0.6) is 0 Å². The molecule has 0 heterocycles. The van der Waals surface area contributed by atoms with Gasteiger partial charge in [0.2, 0.25) is 0 Å². The molecule has 1 aromatic rings. The molecular formula is C17H23NO3. The van der Waals surface area contributed by atoms with Gasteiger partial charge in [0.25, 0.3) is 5.91 Å². The van der Waals surface area contributed by atoms with Gasteiger partial charge in [-0.05, 0) is 26.0 Å². The topological polar surface area (TPSA) is 49.8 Å². The lowest BCUT2D eigenvalue weighted by molar-refractivity contribution is 0.0633. The molecule has 0 aliphatic carbocycles. The number of ether oxygens (including phenoxy) is 1. The van der Waals surface area contributed by atoms with Crippen molar-refractivity contribution >= 4 is 5.91 Å². The molecule has 0 saturated carbocycles. The Labute approximate surface area is 126 Å². The summed E-state index contributed by atoms with van der Waals surface area (Å²) in [5, 5.41) is 8.80. The number of methoxy groups -OCH3 is 1. The maximum atomic E-state index is 12.6. The first-order valence-electron chi connectivity index (χ1n) is 6.97. The van der Waals surface area contributed by atoms with E-state index in [-0.39, 0.29) is 18.6 Å². The van der Waals surface area contributed by atoms with E-state index in [9.17, 15) is 4.79 Å². The van der Waals surface area contributed by atoms with Gasteiger partial charge in [0, 0.05) is 26.1 Å². The number of hydrogen-bond donors (Lipinski definition) is 1. The number of hydrogen-bond acceptors (Lipinski definition) is 3. The van der Waals surface area contributed by atoms with Gasteiger partial charge >= 0.3 is 0 Å². The third-order valence-corrected chi connectivity index (χ3v) is 3.25. The smallest absolute Gasteiger partial charge is 0.255 e. The van der Waals surface area contributed by atoms with Crippen LogP contribution in [0.25, 0.3) is 0 Å². The molecule has 0 saturated heterocycles. The highest BCUT2D eigenvalue weighted by molar-refractivity contribution is 5.97. The fraction of sp³-hybridized carbons (Fsp3) is 0.471. The summed E-state index contributed by atoms with van der Waals surface area (Å²) in [5.41, 5.74) is 2.29. The fourth-order valence-corrected chi connectivity index (χ4v) is 1.90. The SMILES string of the molecule is COCC(C)N(C)C(=O)c1cc(C)ccc1C#CCCO. The Morgan fingerprint density at radius 1 is 1.48 bits per heavy atom. The van der Waals surface area contributed by atoms with E-state index in [1.807, 2.05) is 32.0 Å². The minimum atomic E-state index is -0.0726. The van der Waals surface area contributed by atoms with Gasteiger partial charge in [0.05, 0.1) is 24.8 Å². The summed E-state index contributed by atoms with van der Waals surface area (Å²) in [7, 11) is 3.38. The largest absolute Gasteiger partial charge is 0.395 e. The van der Waals surface area contributed by atoms with Crippen molar-refractivity contribution in [2.75, 3.05) is 27.4 Å². The maximum Gasteiger partial charge on any atom is 0.255 e. The summed E-state index contributed by atoms with van der Waals surface area (Å²) in [6.45, 7) is 4.39. The minimum absolute atomic E-state index is 0.0127. The van der Waals surface area contributed by atoms with Crippen LogP contribution in [0.3, 0.4) is 0 Å². The van der Waals surface area contributed by atoms with Gasteiger partial charge in [-0.15, -0.1) is 0 Å². The van der Waals surface area contributed by atoms with E-state index in [0.717, 1.165) is 5.56 Å².